The highest BCUT2D eigenvalue weighted by Gasteiger charge is 2.38. The highest BCUT2D eigenvalue weighted by molar-refractivity contribution is 6.00. The number of pyridine rings is 1. The monoisotopic (exact) mass is 292 g/mol. The van der Waals surface area contributed by atoms with E-state index < -0.39 is 11.4 Å². The lowest BCUT2D eigenvalue weighted by molar-refractivity contribution is 0.0904. The van der Waals surface area contributed by atoms with Gasteiger partial charge in [0.15, 0.2) is 11.3 Å². The normalized spacial score (nSPS) is 18.2. The molecule has 1 aliphatic rings. The van der Waals surface area contributed by atoms with E-state index in [9.17, 15) is 9.59 Å². The van der Waals surface area contributed by atoms with Crippen LogP contribution in [0.1, 0.15) is 48.2 Å². The van der Waals surface area contributed by atoms with Gasteiger partial charge in [-0.2, -0.15) is 0 Å². The molecule has 0 radical (unpaired) electrons. The van der Waals surface area contributed by atoms with E-state index in [4.69, 9.17) is 10.9 Å². The summed E-state index contributed by atoms with van der Waals surface area (Å²) in [6, 6.07) is 1.37. The number of amidine groups is 1. The Hall–Kier alpha value is -2.31. The van der Waals surface area contributed by atoms with Crippen molar-refractivity contribution in [2.75, 3.05) is 0 Å². The van der Waals surface area contributed by atoms with E-state index in [2.05, 4.69) is 15.5 Å². The van der Waals surface area contributed by atoms with Crippen LogP contribution in [0.3, 0.4) is 0 Å². The van der Waals surface area contributed by atoms with Gasteiger partial charge in [-0.15, -0.1) is 0 Å². The van der Waals surface area contributed by atoms with E-state index in [-0.39, 0.29) is 16.8 Å². The van der Waals surface area contributed by atoms with Gasteiger partial charge < -0.3 is 21.2 Å². The number of hydrogen-bond acceptors (Lipinski definition) is 4. The zero-order chi connectivity index (χ0) is 15.5. The van der Waals surface area contributed by atoms with Gasteiger partial charge in [0, 0.05) is 18.0 Å². The maximum absolute atomic E-state index is 12.3. The number of aromatic nitrogens is 1. The van der Waals surface area contributed by atoms with E-state index in [1.807, 2.05) is 0 Å². The van der Waals surface area contributed by atoms with Crippen molar-refractivity contribution in [2.45, 2.75) is 44.6 Å². The molecule has 2 rings (SSSR count). The summed E-state index contributed by atoms with van der Waals surface area (Å²) in [5.74, 6) is -0.524. The molecule has 0 aliphatic heterocycles. The summed E-state index contributed by atoms with van der Waals surface area (Å²) in [6.07, 6.45) is 5.37. The first-order chi connectivity index (χ1) is 9.98. The van der Waals surface area contributed by atoms with Gasteiger partial charge in [-0.1, -0.05) is 24.4 Å². The third-order valence-corrected chi connectivity index (χ3v) is 3.96. The standard InChI is InChI=1S/C14H20N4O3/c1-9-7-11(19)10(8-16-9)12(20)17-14(13(15)18-21)5-3-2-4-6-14/h7-8,21H,2-6H2,1H3,(H2,15,18)(H,16,19)(H,17,20). The van der Waals surface area contributed by atoms with Crippen molar-refractivity contribution in [1.82, 2.24) is 10.3 Å². The average molecular weight is 292 g/mol. The lowest BCUT2D eigenvalue weighted by Crippen LogP contribution is -2.59. The maximum Gasteiger partial charge on any atom is 0.257 e. The number of aromatic amines is 1. The van der Waals surface area contributed by atoms with Gasteiger partial charge >= 0.3 is 0 Å². The topological polar surface area (TPSA) is 121 Å². The predicted octanol–water partition coefficient (Wildman–Crippen LogP) is 0.862. The van der Waals surface area contributed by atoms with Crippen molar-refractivity contribution in [3.05, 3.63) is 33.7 Å². The van der Waals surface area contributed by atoms with Crippen LogP contribution in [-0.4, -0.2) is 27.5 Å². The molecule has 1 fully saturated rings. The molecular formula is C14H20N4O3. The van der Waals surface area contributed by atoms with Gasteiger partial charge in [0.25, 0.3) is 5.91 Å². The van der Waals surface area contributed by atoms with E-state index in [1.54, 1.807) is 6.92 Å². The molecule has 0 unspecified atom stereocenters. The van der Waals surface area contributed by atoms with E-state index in [0.29, 0.717) is 18.5 Å². The Balaban J connectivity index is 2.28. The zero-order valence-corrected chi connectivity index (χ0v) is 12.0. The van der Waals surface area contributed by atoms with Crippen LogP contribution >= 0.6 is 0 Å². The molecule has 0 saturated heterocycles. The Morgan fingerprint density at radius 2 is 2.10 bits per heavy atom. The molecule has 1 amide bonds. The number of carbonyl (C=O) groups is 1. The fraction of sp³-hybridized carbons (Fsp3) is 0.500. The van der Waals surface area contributed by atoms with Crippen molar-refractivity contribution in [2.24, 2.45) is 10.9 Å². The predicted molar refractivity (Wildman–Crippen MR) is 78.5 cm³/mol. The molecule has 114 valence electrons. The molecule has 1 aromatic rings. The van der Waals surface area contributed by atoms with Gasteiger partial charge in [-0.25, -0.2) is 0 Å². The molecule has 5 N–H and O–H groups in total. The Kier molecular flexibility index (Phi) is 4.30. The minimum absolute atomic E-state index is 0.0147. The molecule has 1 aliphatic carbocycles. The quantitative estimate of drug-likeness (QED) is 0.286. The first kappa shape index (κ1) is 15.1. The number of carbonyl (C=O) groups excluding carboxylic acids is 1. The molecule has 7 heteroatoms. The maximum atomic E-state index is 12.3. The average Bonchev–Trinajstić information content (AvgIpc) is 2.47. The van der Waals surface area contributed by atoms with Gasteiger partial charge in [0.05, 0.1) is 0 Å². The minimum atomic E-state index is -0.874. The molecule has 0 atom stereocenters. The second-order valence-electron chi connectivity index (χ2n) is 5.48. The lowest BCUT2D eigenvalue weighted by Gasteiger charge is -2.36. The van der Waals surface area contributed by atoms with Crippen LogP contribution in [0.25, 0.3) is 0 Å². The molecule has 1 heterocycles. The number of nitrogens with zero attached hydrogens (tertiary/aromatic N) is 1. The van der Waals surface area contributed by atoms with Gasteiger partial charge in [0.2, 0.25) is 0 Å². The Bertz CT molecular complexity index is 615. The molecular weight excluding hydrogens is 272 g/mol. The van der Waals surface area contributed by atoms with Crippen LogP contribution in [0.2, 0.25) is 0 Å². The SMILES string of the molecule is Cc1cc(=O)c(C(=O)NC2(C(N)=NO)CCCCC2)c[nH]1. The summed E-state index contributed by atoms with van der Waals surface area (Å²) >= 11 is 0. The molecule has 0 aromatic carbocycles. The van der Waals surface area contributed by atoms with E-state index in [0.717, 1.165) is 19.3 Å². The molecule has 1 saturated carbocycles. The van der Waals surface area contributed by atoms with Crippen molar-refractivity contribution < 1.29 is 10.0 Å². The molecule has 0 bridgehead atoms. The van der Waals surface area contributed by atoms with Gasteiger partial charge in [-0.3, -0.25) is 9.59 Å². The third kappa shape index (κ3) is 3.07. The Labute approximate surface area is 122 Å². The third-order valence-electron chi connectivity index (χ3n) is 3.96. The Morgan fingerprint density at radius 1 is 1.43 bits per heavy atom. The largest absolute Gasteiger partial charge is 0.409 e. The molecule has 21 heavy (non-hydrogen) atoms. The minimum Gasteiger partial charge on any atom is -0.409 e. The van der Waals surface area contributed by atoms with Gasteiger partial charge in [-0.05, 0) is 19.8 Å². The number of oxime groups is 1. The van der Waals surface area contributed by atoms with Crippen molar-refractivity contribution >= 4 is 11.7 Å². The van der Waals surface area contributed by atoms with Gasteiger partial charge in [0.1, 0.15) is 11.1 Å². The lowest BCUT2D eigenvalue weighted by atomic mass is 9.80. The number of amides is 1. The highest BCUT2D eigenvalue weighted by Crippen LogP contribution is 2.28. The number of hydrogen-bond donors (Lipinski definition) is 4. The summed E-state index contributed by atoms with van der Waals surface area (Å²) < 4.78 is 0. The van der Waals surface area contributed by atoms with Crippen molar-refractivity contribution in [1.29, 1.82) is 0 Å². The fourth-order valence-electron chi connectivity index (χ4n) is 2.73. The molecule has 0 spiro atoms. The summed E-state index contributed by atoms with van der Waals surface area (Å²) in [4.78, 5) is 27.1. The number of rotatable bonds is 3. The first-order valence-electron chi connectivity index (χ1n) is 6.98. The van der Waals surface area contributed by atoms with Crippen LogP contribution in [-0.2, 0) is 0 Å². The fourth-order valence-corrected chi connectivity index (χ4v) is 2.73. The Morgan fingerprint density at radius 3 is 2.67 bits per heavy atom. The van der Waals surface area contributed by atoms with Crippen LogP contribution in [0.15, 0.2) is 22.2 Å². The van der Waals surface area contributed by atoms with Crippen LogP contribution in [0.5, 0.6) is 0 Å². The van der Waals surface area contributed by atoms with Crippen LogP contribution < -0.4 is 16.5 Å². The number of nitrogens with one attached hydrogen (secondary N) is 2. The van der Waals surface area contributed by atoms with E-state index >= 15 is 0 Å². The molecule has 7 nitrogen and oxygen atoms in total. The second kappa shape index (κ2) is 5.99. The van der Waals surface area contributed by atoms with Crippen LogP contribution in [0, 0.1) is 6.92 Å². The first-order valence-corrected chi connectivity index (χ1v) is 6.98. The summed E-state index contributed by atoms with van der Waals surface area (Å²) in [5, 5.41) is 14.8. The highest BCUT2D eigenvalue weighted by atomic mass is 16.4. The smallest absolute Gasteiger partial charge is 0.257 e. The zero-order valence-electron chi connectivity index (χ0n) is 12.0. The number of nitrogens with two attached hydrogens (primary N) is 1. The van der Waals surface area contributed by atoms with Crippen molar-refractivity contribution in [3.8, 4) is 0 Å². The van der Waals surface area contributed by atoms with Crippen LogP contribution in [0.4, 0.5) is 0 Å². The summed E-state index contributed by atoms with van der Waals surface area (Å²) in [7, 11) is 0. The number of H-pyrrole nitrogens is 1. The number of aryl methyl sites for hydroxylation is 1. The summed E-state index contributed by atoms with van der Waals surface area (Å²) in [5.41, 5.74) is 5.25. The van der Waals surface area contributed by atoms with E-state index in [1.165, 1.54) is 12.3 Å². The van der Waals surface area contributed by atoms with Crippen molar-refractivity contribution in [3.63, 3.8) is 0 Å². The molecule has 1 aromatic heterocycles. The summed E-state index contributed by atoms with van der Waals surface area (Å²) in [6.45, 7) is 1.74. The second-order valence-corrected chi connectivity index (χ2v) is 5.48.